The van der Waals surface area contributed by atoms with Crippen molar-refractivity contribution in [1.82, 2.24) is 5.32 Å². The minimum absolute atomic E-state index is 0.229. The summed E-state index contributed by atoms with van der Waals surface area (Å²) in [4.78, 5) is 13.5. The zero-order chi connectivity index (χ0) is 81.0. The van der Waals surface area contributed by atoms with Crippen molar-refractivity contribution in [2.75, 3.05) is 26.4 Å². The fourth-order valence-corrected chi connectivity index (χ4v) is 14.6. The molecule has 112 heavy (non-hydrogen) atoms. The molecule has 3 aliphatic heterocycles. The summed E-state index contributed by atoms with van der Waals surface area (Å²) < 4.78 is 34.5. The third-order valence-electron chi connectivity index (χ3n) is 21.8. The van der Waals surface area contributed by atoms with Gasteiger partial charge in [-0.25, -0.2) is 0 Å². The Morgan fingerprint density at radius 3 is 1.00 bits per heavy atom. The van der Waals surface area contributed by atoms with E-state index in [1.807, 2.05) is 6.08 Å². The SMILES string of the molecule is CC/C=C\C/C=C\C/C=C\C/C=C\C/C=C\C/C=C\CCCCCCCCCCCCCCCCCCCCC(=O)NC(COC1OC(CO)C(OC2OC(CO)C(OC3OC(CO)C(O)C(O)C3O)C(O)C2O)C(O)C1O)C(O)/C=C/CC/C=C/CC/C=C/CCCCCCCCCCCCCCCCCCCCCC. The summed E-state index contributed by atoms with van der Waals surface area (Å²) in [6.07, 6.45) is 73.8. The molecule has 0 aromatic heterocycles. The second-order valence-electron chi connectivity index (χ2n) is 31.7. The highest BCUT2D eigenvalue weighted by Crippen LogP contribution is 2.33. The van der Waals surface area contributed by atoms with Gasteiger partial charge >= 0.3 is 0 Å². The van der Waals surface area contributed by atoms with E-state index in [4.69, 9.17) is 28.4 Å². The van der Waals surface area contributed by atoms with Crippen molar-refractivity contribution < 1.29 is 89.4 Å². The number of ether oxygens (including phenoxy) is 6. The summed E-state index contributed by atoms with van der Waals surface area (Å²) in [6, 6.07) is -1.00. The summed E-state index contributed by atoms with van der Waals surface area (Å²) in [5.74, 6) is -0.288. The molecule has 0 saturated carbocycles. The Balaban J connectivity index is 1.34. The second kappa shape index (κ2) is 71.5. The number of nitrogens with one attached hydrogen (secondary N) is 1. The van der Waals surface area contributed by atoms with Gasteiger partial charge in [-0.05, 0) is 96.3 Å². The first-order valence-corrected chi connectivity index (χ1v) is 45.1. The lowest BCUT2D eigenvalue weighted by molar-refractivity contribution is -0.379. The minimum atomic E-state index is -1.99. The molecule has 19 nitrogen and oxygen atoms in total. The number of rotatable bonds is 72. The van der Waals surface area contributed by atoms with Crippen molar-refractivity contribution in [3.8, 4) is 0 Å². The van der Waals surface area contributed by atoms with Gasteiger partial charge in [0.05, 0.1) is 38.6 Å². The Kier molecular flexibility index (Phi) is 65.6. The Morgan fingerprint density at radius 2 is 0.625 bits per heavy atom. The monoisotopic (exact) mass is 1580 g/mol. The van der Waals surface area contributed by atoms with E-state index in [2.05, 4.69) is 116 Å². The summed E-state index contributed by atoms with van der Waals surface area (Å²) in [7, 11) is 0. The fourth-order valence-electron chi connectivity index (χ4n) is 14.6. The number of amides is 1. The van der Waals surface area contributed by atoms with Gasteiger partial charge in [-0.3, -0.25) is 4.79 Å². The van der Waals surface area contributed by atoms with E-state index in [-0.39, 0.29) is 18.9 Å². The Labute approximate surface area is 678 Å². The summed E-state index contributed by atoms with van der Waals surface area (Å²) in [6.45, 7) is 1.63. The van der Waals surface area contributed by atoms with Gasteiger partial charge in [-0.15, -0.1) is 0 Å². The molecular formula is C93H163NO18. The summed E-state index contributed by atoms with van der Waals surface area (Å²) >= 11 is 0. The van der Waals surface area contributed by atoms with Gasteiger partial charge in [0.15, 0.2) is 18.9 Å². The van der Waals surface area contributed by atoms with E-state index in [1.54, 1.807) is 6.08 Å². The molecule has 17 unspecified atom stereocenters. The van der Waals surface area contributed by atoms with Gasteiger partial charge in [-0.2, -0.15) is 0 Å². The molecule has 3 saturated heterocycles. The second-order valence-corrected chi connectivity index (χ2v) is 31.7. The van der Waals surface area contributed by atoms with E-state index in [0.717, 1.165) is 83.5 Å². The van der Waals surface area contributed by atoms with Crippen LogP contribution in [-0.2, 0) is 33.2 Å². The third-order valence-corrected chi connectivity index (χ3v) is 21.8. The number of carbonyl (C=O) groups excluding carboxylic acids is 1. The molecule has 3 fully saturated rings. The Morgan fingerprint density at radius 1 is 0.330 bits per heavy atom. The lowest BCUT2D eigenvalue weighted by Gasteiger charge is -2.48. The molecule has 0 spiro atoms. The van der Waals surface area contributed by atoms with Crippen LogP contribution in [0.5, 0.6) is 0 Å². The fraction of sp³-hybridized carbons (Fsp3) is 0.796. The van der Waals surface area contributed by atoms with Gasteiger partial charge in [0.25, 0.3) is 0 Å². The number of aliphatic hydroxyl groups excluding tert-OH is 11. The molecule has 17 atom stereocenters. The van der Waals surface area contributed by atoms with Crippen molar-refractivity contribution in [3.05, 3.63) is 109 Å². The highest BCUT2D eigenvalue weighted by atomic mass is 16.8. The van der Waals surface area contributed by atoms with Crippen LogP contribution >= 0.6 is 0 Å². The van der Waals surface area contributed by atoms with Gasteiger partial charge in [-0.1, -0.05) is 348 Å². The van der Waals surface area contributed by atoms with Crippen LogP contribution in [0.4, 0.5) is 0 Å². The van der Waals surface area contributed by atoms with Crippen molar-refractivity contribution in [3.63, 3.8) is 0 Å². The maximum absolute atomic E-state index is 13.5. The van der Waals surface area contributed by atoms with E-state index < -0.39 is 124 Å². The minimum Gasteiger partial charge on any atom is -0.394 e. The average molecular weight is 1580 g/mol. The first kappa shape index (κ1) is 103. The van der Waals surface area contributed by atoms with Crippen molar-refractivity contribution in [2.45, 2.75) is 446 Å². The topological polar surface area (TPSA) is 307 Å². The molecule has 3 rings (SSSR count). The van der Waals surface area contributed by atoms with Gasteiger partial charge in [0.1, 0.15) is 73.2 Å². The molecule has 3 heterocycles. The van der Waals surface area contributed by atoms with Gasteiger partial charge in [0.2, 0.25) is 5.91 Å². The molecule has 648 valence electrons. The highest BCUT2D eigenvalue weighted by molar-refractivity contribution is 5.76. The average Bonchev–Trinajstić information content (AvgIpc) is 0.781. The van der Waals surface area contributed by atoms with Crippen molar-refractivity contribution in [2.24, 2.45) is 0 Å². The number of hydrogen-bond acceptors (Lipinski definition) is 18. The predicted molar refractivity (Wildman–Crippen MR) is 452 cm³/mol. The van der Waals surface area contributed by atoms with Crippen molar-refractivity contribution >= 4 is 5.91 Å². The molecule has 0 radical (unpaired) electrons. The van der Waals surface area contributed by atoms with Crippen LogP contribution in [0.2, 0.25) is 0 Å². The Hall–Kier alpha value is -3.55. The van der Waals surface area contributed by atoms with Crippen LogP contribution in [0.1, 0.15) is 341 Å². The first-order chi connectivity index (χ1) is 54.8. The molecule has 0 bridgehead atoms. The van der Waals surface area contributed by atoms with E-state index in [9.17, 15) is 61.0 Å². The molecule has 19 heteroatoms. The maximum atomic E-state index is 13.5. The smallest absolute Gasteiger partial charge is 0.220 e. The number of allylic oxidation sites excluding steroid dienone is 17. The number of aliphatic hydroxyl groups is 11. The van der Waals surface area contributed by atoms with E-state index >= 15 is 0 Å². The first-order valence-electron chi connectivity index (χ1n) is 45.1. The lowest BCUT2D eigenvalue weighted by Crippen LogP contribution is -2.66. The van der Waals surface area contributed by atoms with E-state index in [1.165, 1.54) is 225 Å². The van der Waals surface area contributed by atoms with Crippen molar-refractivity contribution in [1.29, 1.82) is 0 Å². The van der Waals surface area contributed by atoms with Gasteiger partial charge in [0, 0.05) is 6.42 Å². The quantitative estimate of drug-likeness (QED) is 0.0199. The maximum Gasteiger partial charge on any atom is 0.220 e. The van der Waals surface area contributed by atoms with Crippen LogP contribution < -0.4 is 5.32 Å². The predicted octanol–water partition coefficient (Wildman–Crippen LogP) is 17.2. The molecular weight excluding hydrogens is 1420 g/mol. The number of unbranched alkanes of at least 4 members (excludes halogenated alkanes) is 40. The standard InChI is InChI=1S/C93H163NO18/c1-3-5-7-9-11-13-15-17-19-21-23-25-27-29-31-33-35-36-37-38-39-40-41-43-45-47-49-51-53-55-57-59-61-63-65-67-69-71-81(99)94-76(77(98)70-68-66-64-62-60-58-56-54-52-50-48-46-44-42-34-32-30-28-26-24-22-20-18-16-14-12-10-8-6-4-2)75-107-91-87(105)84(102)89(79(73-96)109-91)112-93-88(106)85(103)90(80(74-97)110-93)111-92-86(104)83(101)82(100)78(72-95)108-92/h5,7,11,13,17,19,23,25,29,31,35-36,52,54,60,62,68,70,76-80,82-93,95-98,100-106H,3-4,6,8-10,12,14-16,18,20-22,24,26-28,30,32-34,37-51,53,55-59,61,63-67,69,71-75H2,1-2H3,(H,94,99)/b7-5-,13-11-,19-17-,25-23-,31-29-,36-35-,54-52+,62-60+,70-68+. The molecule has 3 aliphatic rings. The lowest BCUT2D eigenvalue weighted by atomic mass is 9.96. The third kappa shape index (κ3) is 49.6. The molecule has 1 amide bonds. The molecule has 12 N–H and O–H groups in total. The zero-order valence-corrected chi connectivity index (χ0v) is 69.9. The van der Waals surface area contributed by atoms with Crippen LogP contribution in [-0.4, -0.2) is 193 Å². The van der Waals surface area contributed by atoms with E-state index in [0.29, 0.717) is 12.8 Å². The van der Waals surface area contributed by atoms with Crippen LogP contribution in [0, 0.1) is 0 Å². The van der Waals surface area contributed by atoms with Crippen LogP contribution in [0.3, 0.4) is 0 Å². The van der Waals surface area contributed by atoms with Crippen LogP contribution in [0.25, 0.3) is 0 Å². The summed E-state index contributed by atoms with van der Waals surface area (Å²) in [5, 5.41) is 121. The normalized spacial score (nSPS) is 25.5. The highest BCUT2D eigenvalue weighted by Gasteiger charge is 2.54. The Bertz CT molecular complexity index is 2450. The van der Waals surface area contributed by atoms with Gasteiger partial charge < -0.3 is 89.9 Å². The molecule has 0 aliphatic carbocycles. The zero-order valence-electron chi connectivity index (χ0n) is 69.9. The molecule has 0 aromatic carbocycles. The number of carbonyl (C=O) groups is 1. The van der Waals surface area contributed by atoms with Crippen LogP contribution in [0.15, 0.2) is 109 Å². The molecule has 0 aromatic rings. The number of hydrogen-bond donors (Lipinski definition) is 12. The largest absolute Gasteiger partial charge is 0.394 e. The summed E-state index contributed by atoms with van der Waals surface area (Å²) in [5.41, 5.74) is 0.